The van der Waals surface area contributed by atoms with Crippen molar-refractivity contribution in [2.24, 2.45) is 16.2 Å². The summed E-state index contributed by atoms with van der Waals surface area (Å²) in [7, 11) is -1.88. The van der Waals surface area contributed by atoms with E-state index in [1.807, 2.05) is 81.6 Å². The lowest BCUT2D eigenvalue weighted by molar-refractivity contribution is -0.249. The van der Waals surface area contributed by atoms with Crippen LogP contribution in [0, 0.1) is 23.2 Å². The number of ether oxygens (including phenoxy) is 3. The third kappa shape index (κ3) is 9.00. The van der Waals surface area contributed by atoms with Gasteiger partial charge in [-0.05, 0) is 143 Å². The number of amides is 2. The zero-order chi connectivity index (χ0) is 46.4. The molecule has 4 fully saturated rings. The molecule has 5 aromatic rings. The molecule has 4 saturated carbocycles. The van der Waals surface area contributed by atoms with Crippen molar-refractivity contribution in [2.75, 3.05) is 36.6 Å². The summed E-state index contributed by atoms with van der Waals surface area (Å²) in [6, 6.07) is 17.0. The Bertz CT molecular complexity index is 2610. The highest BCUT2D eigenvalue weighted by Gasteiger charge is 2.66. The van der Waals surface area contributed by atoms with Crippen molar-refractivity contribution < 1.29 is 28.2 Å². The highest BCUT2D eigenvalue weighted by molar-refractivity contribution is 7.22. The fourth-order valence-electron chi connectivity index (χ4n) is 12.1. The van der Waals surface area contributed by atoms with E-state index in [1.165, 1.54) is 17.8 Å². The maximum absolute atomic E-state index is 14.2. The van der Waals surface area contributed by atoms with Gasteiger partial charge in [-0.15, -0.1) is 0 Å². The fraction of sp³-hybridized carbons (Fsp3) is 0.549. The first-order valence-corrected chi connectivity index (χ1v) is 26.9. The quantitative estimate of drug-likeness (QED) is 0.0782. The number of esters is 1. The molecule has 4 heterocycles. The first kappa shape index (κ1) is 45.5. The summed E-state index contributed by atoms with van der Waals surface area (Å²) in [4.78, 5) is 39.2. The number of urea groups is 1. The van der Waals surface area contributed by atoms with E-state index in [2.05, 4.69) is 69.6 Å². The van der Waals surface area contributed by atoms with Gasteiger partial charge < -0.3 is 18.6 Å². The van der Waals surface area contributed by atoms with Crippen molar-refractivity contribution in [2.45, 2.75) is 137 Å². The molecule has 2 aromatic carbocycles. The van der Waals surface area contributed by atoms with Gasteiger partial charge in [0.25, 0.3) is 0 Å². The molecule has 1 N–H and O–H groups in total. The van der Waals surface area contributed by atoms with Crippen LogP contribution in [0.15, 0.2) is 60.8 Å². The monoisotopic (exact) mass is 918 g/mol. The van der Waals surface area contributed by atoms with E-state index in [0.29, 0.717) is 54.2 Å². The molecular formula is C51H66N6O6SSi. The van der Waals surface area contributed by atoms with Crippen molar-refractivity contribution >= 4 is 52.7 Å². The Morgan fingerprint density at radius 3 is 2.34 bits per heavy atom. The van der Waals surface area contributed by atoms with Crippen LogP contribution < -0.4 is 15.0 Å². The number of pyridine rings is 1. The van der Waals surface area contributed by atoms with Gasteiger partial charge in [0, 0.05) is 28.9 Å². The minimum Gasteiger partial charge on any atom is -0.490 e. The first-order valence-electron chi connectivity index (χ1n) is 23.2. The van der Waals surface area contributed by atoms with E-state index in [-0.39, 0.29) is 38.6 Å². The van der Waals surface area contributed by atoms with E-state index >= 15 is 0 Å². The Hall–Kier alpha value is -4.63. The minimum absolute atomic E-state index is 0.0258. The number of anilines is 2. The molecule has 0 spiro atoms. The van der Waals surface area contributed by atoms with E-state index in [1.54, 1.807) is 4.90 Å². The van der Waals surface area contributed by atoms with Crippen LogP contribution >= 0.6 is 11.3 Å². The largest absolute Gasteiger partial charge is 0.490 e. The lowest BCUT2D eigenvalue weighted by atomic mass is 9.39. The number of hydrogen-bond acceptors (Lipinski definition) is 10. The maximum Gasteiger partial charge on any atom is 0.358 e. The number of para-hydroxylation sites is 1. The second kappa shape index (κ2) is 16.0. The van der Waals surface area contributed by atoms with Crippen molar-refractivity contribution in [1.82, 2.24) is 19.7 Å². The molecule has 5 aliphatic rings. The van der Waals surface area contributed by atoms with Crippen LogP contribution in [0.5, 0.6) is 5.75 Å². The zero-order valence-electron chi connectivity index (χ0n) is 40.1. The number of nitrogens with one attached hydrogen (secondary N) is 1. The fourth-order valence-corrected chi connectivity index (χ4v) is 14.0. The Balaban J connectivity index is 0.988. The molecule has 0 saturated heterocycles. The predicted octanol–water partition coefficient (Wildman–Crippen LogP) is 12.1. The van der Waals surface area contributed by atoms with Gasteiger partial charge in [0.1, 0.15) is 18.0 Å². The Morgan fingerprint density at radius 1 is 0.892 bits per heavy atom. The number of hydrogen-bond donors (Lipinski definition) is 1. The van der Waals surface area contributed by atoms with E-state index in [9.17, 15) is 9.59 Å². The number of fused-ring (bicyclic) bond motifs is 2. The van der Waals surface area contributed by atoms with Crippen LogP contribution in [0.4, 0.5) is 15.6 Å². The summed E-state index contributed by atoms with van der Waals surface area (Å²) in [5.41, 5.74) is 4.91. The van der Waals surface area contributed by atoms with Crippen LogP contribution in [-0.4, -0.2) is 77.6 Å². The average molecular weight is 919 g/mol. The Labute approximate surface area is 388 Å². The molecule has 4 bridgehead atoms. The van der Waals surface area contributed by atoms with Crippen molar-refractivity contribution in [1.29, 1.82) is 0 Å². The third-order valence-electron chi connectivity index (χ3n) is 14.6. The highest BCUT2D eigenvalue weighted by atomic mass is 32.1. The summed E-state index contributed by atoms with van der Waals surface area (Å²) < 4.78 is 28.8. The van der Waals surface area contributed by atoms with E-state index in [0.717, 1.165) is 65.7 Å². The Morgan fingerprint density at radius 2 is 1.63 bits per heavy atom. The second-order valence-corrected chi connectivity index (χ2v) is 28.7. The third-order valence-corrected chi connectivity index (χ3v) is 20.1. The predicted molar refractivity (Wildman–Crippen MR) is 260 cm³/mol. The highest BCUT2D eigenvalue weighted by Crippen LogP contribution is 2.72. The zero-order valence-corrected chi connectivity index (χ0v) is 42.0. The van der Waals surface area contributed by atoms with Gasteiger partial charge in [-0.3, -0.25) is 14.9 Å². The smallest absolute Gasteiger partial charge is 0.358 e. The standard InChI is InChI=1S/C51H66N6O6SSi/c1-33-36(25-52-57(33)32-50-27-48(8)26-49(9,28-50)30-51(29-48,31-50)61-22-23-62-65(10,11)47(5,6)7)35-17-18-37(53-42(35)43(58)63-46(2,3)4)34-16-19-40-39(24-34)56(20-21-60-40)45(59)55-44-54-38-14-12-13-15-41(38)64-44/h12-19,24-25H,20-23,26-32H2,1-11H3,(H,54,55,59). The van der Waals surface area contributed by atoms with Gasteiger partial charge in [0.05, 0.1) is 53.2 Å². The number of nitrogens with zero attached hydrogens (tertiary/aromatic N) is 5. The number of rotatable bonds is 11. The Kier molecular flexibility index (Phi) is 11.2. The van der Waals surface area contributed by atoms with Crippen LogP contribution in [-0.2, 0) is 20.4 Å². The molecule has 0 radical (unpaired) electrons. The summed E-state index contributed by atoms with van der Waals surface area (Å²) in [5, 5.41) is 8.72. The molecule has 2 atom stereocenters. The van der Waals surface area contributed by atoms with Crippen LogP contribution in [0.3, 0.4) is 0 Å². The van der Waals surface area contributed by atoms with Crippen LogP contribution in [0.1, 0.15) is 110 Å². The molecule has 4 aliphatic carbocycles. The topological polar surface area (TPSA) is 130 Å². The molecule has 2 unspecified atom stereocenters. The van der Waals surface area contributed by atoms with Crippen molar-refractivity contribution in [3.05, 3.63) is 72.2 Å². The van der Waals surface area contributed by atoms with E-state index in [4.69, 9.17) is 28.7 Å². The maximum atomic E-state index is 14.2. The van der Waals surface area contributed by atoms with Gasteiger partial charge in [-0.25, -0.2) is 19.6 Å². The summed E-state index contributed by atoms with van der Waals surface area (Å²) in [5.74, 6) is 0.0693. The molecule has 3 aromatic heterocycles. The van der Waals surface area contributed by atoms with Crippen molar-refractivity contribution in [3.63, 3.8) is 0 Å². The number of thiazole rings is 1. The lowest BCUT2D eigenvalue weighted by Gasteiger charge is -2.69. The molecular weight excluding hydrogens is 853 g/mol. The molecule has 10 rings (SSSR count). The van der Waals surface area contributed by atoms with Gasteiger partial charge in [-0.1, -0.05) is 58.1 Å². The average Bonchev–Trinajstić information content (AvgIpc) is 3.77. The van der Waals surface area contributed by atoms with Gasteiger partial charge >= 0.3 is 12.0 Å². The minimum atomic E-state index is -1.88. The van der Waals surface area contributed by atoms with Gasteiger partial charge in [0.2, 0.25) is 0 Å². The summed E-state index contributed by atoms with van der Waals surface area (Å²) >= 11 is 1.43. The summed E-state index contributed by atoms with van der Waals surface area (Å²) in [6.07, 6.45) is 8.57. The molecule has 1 aliphatic heterocycles. The normalized spacial score (nSPS) is 25.1. The lowest BCUT2D eigenvalue weighted by Crippen LogP contribution is -2.64. The van der Waals surface area contributed by atoms with Gasteiger partial charge in [0.15, 0.2) is 19.1 Å². The van der Waals surface area contributed by atoms with E-state index < -0.39 is 19.9 Å². The SMILES string of the molecule is Cc1c(-c2ccc(-c3ccc4c(c3)N(C(=O)Nc3nc5ccccc5s3)CCO4)nc2C(=O)OC(C)(C)C)cnn1CC12CC3(C)CC(C)(C1)CC(OCCO[Si](C)(C)C(C)(C)C)(C3)C2. The van der Waals surface area contributed by atoms with Crippen molar-refractivity contribution in [3.8, 4) is 28.1 Å². The molecule has 12 nitrogen and oxygen atoms in total. The van der Waals surface area contributed by atoms with Crippen LogP contribution in [0.2, 0.25) is 18.1 Å². The van der Waals surface area contributed by atoms with Gasteiger partial charge in [-0.2, -0.15) is 5.10 Å². The number of benzene rings is 2. The number of aromatic nitrogens is 4. The molecule has 14 heteroatoms. The number of carbonyl (C=O) groups is 2. The second-order valence-electron chi connectivity index (χ2n) is 22.8. The number of carbonyl (C=O) groups excluding carboxylic acids is 2. The molecule has 346 valence electrons. The molecule has 2 amide bonds. The first-order chi connectivity index (χ1) is 30.5. The summed E-state index contributed by atoms with van der Waals surface area (Å²) in [6.45, 7) is 26.9. The van der Waals surface area contributed by atoms with Crippen LogP contribution in [0.25, 0.3) is 32.6 Å². The molecule has 65 heavy (non-hydrogen) atoms.